The lowest BCUT2D eigenvalue weighted by molar-refractivity contribution is -0.149. The van der Waals surface area contributed by atoms with Gasteiger partial charge in [-0.1, -0.05) is 51.3 Å². The van der Waals surface area contributed by atoms with E-state index in [9.17, 15) is 9.59 Å². The molecule has 2 aromatic carbocycles. The molecule has 6 rings (SSSR count). The Morgan fingerprint density at radius 2 is 1.76 bits per heavy atom. The Morgan fingerprint density at radius 1 is 1.02 bits per heavy atom. The van der Waals surface area contributed by atoms with Gasteiger partial charge in [0.05, 0.1) is 19.9 Å². The largest absolute Gasteiger partial charge is 0.497 e. The number of anilines is 1. The van der Waals surface area contributed by atoms with Crippen LogP contribution in [0.4, 0.5) is 5.69 Å². The number of hydrogen-bond donors (Lipinski definition) is 2. The van der Waals surface area contributed by atoms with Crippen molar-refractivity contribution in [2.45, 2.75) is 89.6 Å². The molecular formula is C34H43N3O4. The summed E-state index contributed by atoms with van der Waals surface area (Å²) < 4.78 is 10.9. The first-order valence-electron chi connectivity index (χ1n) is 15.1. The Balaban J connectivity index is 1.28. The molecule has 3 saturated carbocycles. The molecule has 1 aromatic heterocycles. The predicted octanol–water partition coefficient (Wildman–Crippen LogP) is 6.96. The van der Waals surface area contributed by atoms with Crippen molar-refractivity contribution >= 4 is 28.4 Å². The van der Waals surface area contributed by atoms with Gasteiger partial charge in [-0.25, -0.2) is 0 Å². The zero-order valence-electron chi connectivity index (χ0n) is 25.0. The van der Waals surface area contributed by atoms with Gasteiger partial charge in [0.1, 0.15) is 17.0 Å². The van der Waals surface area contributed by atoms with Crippen LogP contribution in [0.5, 0.6) is 11.5 Å². The third kappa shape index (κ3) is 4.77. The molecule has 1 heterocycles. The number of aromatic nitrogens is 1. The number of ether oxygens (including phenoxy) is 2. The second kappa shape index (κ2) is 10.4. The summed E-state index contributed by atoms with van der Waals surface area (Å²) in [4.78, 5) is 34.2. The van der Waals surface area contributed by atoms with Gasteiger partial charge in [0.25, 0.3) is 0 Å². The number of benzene rings is 2. The Kier molecular flexibility index (Phi) is 7.03. The van der Waals surface area contributed by atoms with E-state index in [1.165, 1.54) is 16.6 Å². The second-order valence-electron chi connectivity index (χ2n) is 12.9. The molecule has 0 bridgehead atoms. The lowest BCUT2D eigenvalue weighted by atomic mass is 9.78. The number of amides is 2. The van der Waals surface area contributed by atoms with Gasteiger partial charge in [0, 0.05) is 35.1 Å². The smallest absolute Gasteiger partial charge is 0.250 e. The fraction of sp³-hybridized carbons (Fsp3) is 0.529. The minimum Gasteiger partial charge on any atom is -0.497 e. The Hall–Kier alpha value is -3.48. The topological polar surface area (TPSA) is 83.7 Å². The summed E-state index contributed by atoms with van der Waals surface area (Å²) >= 11 is 0. The van der Waals surface area contributed by atoms with Gasteiger partial charge in [-0.15, -0.1) is 0 Å². The van der Waals surface area contributed by atoms with E-state index in [0.717, 1.165) is 37.6 Å². The molecule has 0 unspecified atom stereocenters. The van der Waals surface area contributed by atoms with Crippen LogP contribution >= 0.6 is 0 Å². The van der Waals surface area contributed by atoms with Crippen LogP contribution in [0, 0.1) is 18.3 Å². The number of carbonyl (C=O) groups is 2. The van der Waals surface area contributed by atoms with E-state index >= 15 is 0 Å². The Morgan fingerprint density at radius 3 is 2.44 bits per heavy atom. The van der Waals surface area contributed by atoms with E-state index in [0.29, 0.717) is 42.4 Å². The molecule has 7 heteroatoms. The van der Waals surface area contributed by atoms with Crippen molar-refractivity contribution in [2.75, 3.05) is 19.5 Å². The lowest BCUT2D eigenvalue weighted by Crippen LogP contribution is -2.61. The first kappa shape index (κ1) is 27.7. The van der Waals surface area contributed by atoms with Crippen LogP contribution < -0.4 is 14.8 Å². The molecule has 3 aliphatic rings. The molecule has 2 atom stereocenters. The maximum Gasteiger partial charge on any atom is 0.250 e. The van der Waals surface area contributed by atoms with Crippen LogP contribution in [0.2, 0.25) is 0 Å². The Labute approximate surface area is 243 Å². The summed E-state index contributed by atoms with van der Waals surface area (Å²) in [5, 5.41) is 4.43. The molecule has 3 fully saturated rings. The molecule has 0 aliphatic heterocycles. The number of fused-ring (bicyclic) bond motifs is 1. The maximum absolute atomic E-state index is 14.4. The van der Waals surface area contributed by atoms with Crippen molar-refractivity contribution in [1.82, 2.24) is 9.88 Å². The maximum atomic E-state index is 14.4. The molecule has 0 spiro atoms. The number of carbonyl (C=O) groups excluding carboxylic acids is 2. The number of methoxy groups -OCH3 is 2. The van der Waals surface area contributed by atoms with E-state index in [2.05, 4.69) is 55.3 Å². The third-order valence-corrected chi connectivity index (χ3v) is 10.1. The first-order valence-corrected chi connectivity index (χ1v) is 15.1. The molecule has 2 amide bonds. The van der Waals surface area contributed by atoms with E-state index in [-0.39, 0.29) is 29.2 Å². The van der Waals surface area contributed by atoms with Crippen molar-refractivity contribution < 1.29 is 19.1 Å². The van der Waals surface area contributed by atoms with Crippen molar-refractivity contribution in [3.8, 4) is 11.5 Å². The molecule has 2 N–H and O–H groups in total. The number of aryl methyl sites for hydroxylation is 1. The molecular weight excluding hydrogens is 514 g/mol. The first-order chi connectivity index (χ1) is 19.7. The summed E-state index contributed by atoms with van der Waals surface area (Å²) in [7, 11) is 3.19. The highest BCUT2D eigenvalue weighted by molar-refractivity contribution is 6.02. The van der Waals surface area contributed by atoms with Gasteiger partial charge < -0.3 is 24.7 Å². The number of nitrogens with zero attached hydrogens (tertiary/aromatic N) is 1. The van der Waals surface area contributed by atoms with Crippen LogP contribution in [0.3, 0.4) is 0 Å². The van der Waals surface area contributed by atoms with Gasteiger partial charge in [0.15, 0.2) is 0 Å². The number of para-hydroxylation sites is 1. The van der Waals surface area contributed by atoms with E-state index in [1.807, 2.05) is 17.0 Å². The number of rotatable bonds is 9. The van der Waals surface area contributed by atoms with Crippen molar-refractivity contribution in [3.05, 3.63) is 53.7 Å². The molecule has 0 saturated heterocycles. The van der Waals surface area contributed by atoms with Gasteiger partial charge in [0.2, 0.25) is 11.8 Å². The SMILES string of the molecule is COc1ccc(NC(=O)C2(N(C(=O)C[C@@H]3[C@H](c4c(C)[nH]c5ccccc45)C3(C)C)C3CC3)CCCCC2)c(OC)c1. The normalized spacial score (nSPS) is 22.7. The van der Waals surface area contributed by atoms with Gasteiger partial charge in [-0.3, -0.25) is 9.59 Å². The van der Waals surface area contributed by atoms with Crippen LogP contribution in [0.1, 0.15) is 82.4 Å². The van der Waals surface area contributed by atoms with Gasteiger partial charge >= 0.3 is 0 Å². The fourth-order valence-corrected chi connectivity index (χ4v) is 7.66. The average Bonchev–Trinajstić information content (AvgIpc) is 3.86. The molecule has 218 valence electrons. The third-order valence-electron chi connectivity index (χ3n) is 10.1. The summed E-state index contributed by atoms with van der Waals surface area (Å²) in [5.74, 6) is 1.78. The zero-order chi connectivity index (χ0) is 28.9. The standard InChI is InChI=1S/C34H43N3O4/c1-21-30(24-11-7-8-12-26(24)35-21)31-25(33(31,2)3)20-29(38)37(22-13-14-22)34(17-9-6-10-18-34)32(39)36-27-16-15-23(40-4)19-28(27)41-5/h7-8,11-12,15-16,19,22,25,31,35H,6,9-10,13-14,17-18,20H2,1-5H3,(H,36,39)/t25-,31-/m1/s1. The molecule has 41 heavy (non-hydrogen) atoms. The fourth-order valence-electron chi connectivity index (χ4n) is 7.66. The number of hydrogen-bond acceptors (Lipinski definition) is 4. The summed E-state index contributed by atoms with van der Waals surface area (Å²) in [6, 6.07) is 14.0. The predicted molar refractivity (Wildman–Crippen MR) is 162 cm³/mol. The van der Waals surface area contributed by atoms with Crippen molar-refractivity contribution in [2.24, 2.45) is 11.3 Å². The van der Waals surface area contributed by atoms with Crippen LogP contribution in [0.25, 0.3) is 10.9 Å². The van der Waals surface area contributed by atoms with Gasteiger partial charge in [-0.2, -0.15) is 0 Å². The molecule has 0 radical (unpaired) electrons. The lowest BCUT2D eigenvalue weighted by Gasteiger charge is -2.45. The molecule has 3 aliphatic carbocycles. The summed E-state index contributed by atoms with van der Waals surface area (Å²) in [6.07, 6.45) is 6.75. The van der Waals surface area contributed by atoms with Crippen LogP contribution in [-0.4, -0.2) is 47.5 Å². The number of H-pyrrole nitrogens is 1. The van der Waals surface area contributed by atoms with E-state index in [1.54, 1.807) is 20.3 Å². The zero-order valence-corrected chi connectivity index (χ0v) is 25.0. The average molecular weight is 558 g/mol. The van der Waals surface area contributed by atoms with E-state index in [4.69, 9.17) is 9.47 Å². The van der Waals surface area contributed by atoms with Crippen molar-refractivity contribution in [3.63, 3.8) is 0 Å². The second-order valence-corrected chi connectivity index (χ2v) is 12.9. The minimum absolute atomic E-state index is 0.0130. The number of nitrogens with one attached hydrogen (secondary N) is 2. The van der Waals surface area contributed by atoms with E-state index < -0.39 is 5.54 Å². The molecule has 3 aromatic rings. The molecule has 7 nitrogen and oxygen atoms in total. The number of aromatic amines is 1. The minimum atomic E-state index is -0.841. The quantitative estimate of drug-likeness (QED) is 0.298. The van der Waals surface area contributed by atoms with Crippen LogP contribution in [0.15, 0.2) is 42.5 Å². The monoisotopic (exact) mass is 557 g/mol. The highest BCUT2D eigenvalue weighted by atomic mass is 16.5. The Bertz CT molecular complexity index is 1460. The summed E-state index contributed by atoms with van der Waals surface area (Å²) in [6.45, 7) is 6.72. The van der Waals surface area contributed by atoms with Crippen molar-refractivity contribution in [1.29, 1.82) is 0 Å². The summed E-state index contributed by atoms with van der Waals surface area (Å²) in [5.41, 5.74) is 3.46. The highest BCUT2D eigenvalue weighted by Crippen LogP contribution is 2.67. The van der Waals surface area contributed by atoms with Crippen LogP contribution in [-0.2, 0) is 9.59 Å². The van der Waals surface area contributed by atoms with Gasteiger partial charge in [-0.05, 0) is 73.6 Å². The highest BCUT2D eigenvalue weighted by Gasteiger charge is 2.61.